The van der Waals surface area contributed by atoms with Crippen molar-refractivity contribution in [3.8, 4) is 5.75 Å². The van der Waals surface area contributed by atoms with Crippen LogP contribution in [0.15, 0.2) is 18.3 Å². The molecule has 2 heteroatoms. The van der Waals surface area contributed by atoms with Gasteiger partial charge in [0.1, 0.15) is 5.75 Å². The van der Waals surface area contributed by atoms with E-state index in [4.69, 9.17) is 4.74 Å². The molecule has 2 nitrogen and oxygen atoms in total. The maximum Gasteiger partial charge on any atom is 0.141 e. The quantitative estimate of drug-likeness (QED) is 0.562. The van der Waals surface area contributed by atoms with Crippen molar-refractivity contribution in [2.45, 2.75) is 19.3 Å². The van der Waals surface area contributed by atoms with Gasteiger partial charge < -0.3 is 4.74 Å². The van der Waals surface area contributed by atoms with E-state index in [1.807, 2.05) is 18.3 Å². The third kappa shape index (κ3) is 1.09. The van der Waals surface area contributed by atoms with Crippen LogP contribution in [0.5, 0.6) is 5.75 Å². The molecule has 1 atom stereocenters. The molecule has 0 saturated carbocycles. The molecule has 1 aromatic rings. The standard InChI is InChI=1S/C9H11NO/c1-7-4-6-11-8-3-2-5-10-9(7)8/h2-3,5,7H,4,6H2,1H3/t7-/m0/s1. The van der Waals surface area contributed by atoms with Gasteiger partial charge in [0.2, 0.25) is 0 Å². The minimum atomic E-state index is 0.556. The van der Waals surface area contributed by atoms with Gasteiger partial charge in [-0.05, 0) is 18.6 Å². The van der Waals surface area contributed by atoms with Gasteiger partial charge >= 0.3 is 0 Å². The van der Waals surface area contributed by atoms with Crippen molar-refractivity contribution in [3.05, 3.63) is 24.0 Å². The lowest BCUT2D eigenvalue weighted by Gasteiger charge is -2.20. The summed E-state index contributed by atoms with van der Waals surface area (Å²) in [5, 5.41) is 0. The van der Waals surface area contributed by atoms with Crippen molar-refractivity contribution in [2.24, 2.45) is 0 Å². The molecule has 0 spiro atoms. The zero-order valence-corrected chi connectivity index (χ0v) is 6.58. The molecule has 1 aliphatic heterocycles. The maximum atomic E-state index is 5.43. The lowest BCUT2D eigenvalue weighted by molar-refractivity contribution is 0.268. The molecule has 0 aliphatic carbocycles. The van der Waals surface area contributed by atoms with Crippen molar-refractivity contribution in [2.75, 3.05) is 6.61 Å². The summed E-state index contributed by atoms with van der Waals surface area (Å²) in [4.78, 5) is 4.28. The van der Waals surface area contributed by atoms with Gasteiger partial charge in [0.15, 0.2) is 0 Å². The molecule has 0 unspecified atom stereocenters. The Labute approximate surface area is 66.2 Å². The van der Waals surface area contributed by atoms with Gasteiger partial charge in [-0.25, -0.2) is 0 Å². The van der Waals surface area contributed by atoms with E-state index in [-0.39, 0.29) is 0 Å². The summed E-state index contributed by atoms with van der Waals surface area (Å²) in [7, 11) is 0. The summed E-state index contributed by atoms with van der Waals surface area (Å²) in [6.45, 7) is 3.02. The number of ether oxygens (including phenoxy) is 1. The minimum Gasteiger partial charge on any atom is -0.492 e. The van der Waals surface area contributed by atoms with Crippen LogP contribution in [0, 0.1) is 0 Å². The molecule has 0 radical (unpaired) electrons. The highest BCUT2D eigenvalue weighted by Gasteiger charge is 2.17. The Kier molecular flexibility index (Phi) is 1.53. The van der Waals surface area contributed by atoms with Crippen molar-refractivity contribution >= 4 is 0 Å². The zero-order valence-electron chi connectivity index (χ0n) is 6.58. The Morgan fingerprint density at radius 3 is 3.36 bits per heavy atom. The third-order valence-corrected chi connectivity index (χ3v) is 2.07. The Morgan fingerprint density at radius 2 is 2.55 bits per heavy atom. The van der Waals surface area contributed by atoms with Crippen LogP contribution in [0.1, 0.15) is 25.0 Å². The van der Waals surface area contributed by atoms with Gasteiger partial charge in [-0.15, -0.1) is 0 Å². The van der Waals surface area contributed by atoms with Crippen LogP contribution in [0.3, 0.4) is 0 Å². The van der Waals surface area contributed by atoms with E-state index in [0.29, 0.717) is 5.92 Å². The Bertz CT molecular complexity index is 259. The summed E-state index contributed by atoms with van der Waals surface area (Å²) >= 11 is 0. The molecule has 11 heavy (non-hydrogen) atoms. The van der Waals surface area contributed by atoms with E-state index in [0.717, 1.165) is 24.5 Å². The van der Waals surface area contributed by atoms with E-state index in [1.165, 1.54) is 0 Å². The van der Waals surface area contributed by atoms with Gasteiger partial charge in [0.05, 0.1) is 12.3 Å². The summed E-state index contributed by atoms with van der Waals surface area (Å²) in [5.41, 5.74) is 1.11. The molecule has 0 N–H and O–H groups in total. The van der Waals surface area contributed by atoms with Gasteiger partial charge in [0.25, 0.3) is 0 Å². The topological polar surface area (TPSA) is 22.1 Å². The molecule has 58 valence electrons. The predicted octanol–water partition coefficient (Wildman–Crippen LogP) is 1.97. The Morgan fingerprint density at radius 1 is 1.64 bits per heavy atom. The first-order chi connectivity index (χ1) is 5.38. The fraction of sp³-hybridized carbons (Fsp3) is 0.444. The first-order valence-corrected chi connectivity index (χ1v) is 3.95. The molecule has 0 saturated heterocycles. The molecule has 1 aromatic heterocycles. The second-order valence-corrected chi connectivity index (χ2v) is 2.92. The zero-order chi connectivity index (χ0) is 7.68. The number of hydrogen-bond donors (Lipinski definition) is 0. The third-order valence-electron chi connectivity index (χ3n) is 2.07. The average molecular weight is 149 g/mol. The molecule has 2 heterocycles. The largest absolute Gasteiger partial charge is 0.492 e. The molecule has 0 bridgehead atoms. The smallest absolute Gasteiger partial charge is 0.141 e. The molecular weight excluding hydrogens is 138 g/mol. The van der Waals surface area contributed by atoms with E-state index in [2.05, 4.69) is 11.9 Å². The predicted molar refractivity (Wildman–Crippen MR) is 42.8 cm³/mol. The summed E-state index contributed by atoms with van der Waals surface area (Å²) < 4.78 is 5.43. The van der Waals surface area contributed by atoms with Crippen LogP contribution in [-0.2, 0) is 0 Å². The lowest BCUT2D eigenvalue weighted by atomic mass is 10.0. The Balaban J connectivity index is 2.44. The molecule has 2 rings (SSSR count). The van der Waals surface area contributed by atoms with E-state index in [9.17, 15) is 0 Å². The van der Waals surface area contributed by atoms with Gasteiger partial charge in [-0.2, -0.15) is 0 Å². The van der Waals surface area contributed by atoms with Crippen LogP contribution < -0.4 is 4.74 Å². The van der Waals surface area contributed by atoms with Crippen molar-refractivity contribution < 1.29 is 4.74 Å². The highest BCUT2D eigenvalue weighted by atomic mass is 16.5. The SMILES string of the molecule is C[C@H]1CCOc2cccnc21. The van der Waals surface area contributed by atoms with Gasteiger partial charge in [-0.1, -0.05) is 6.92 Å². The second kappa shape index (κ2) is 2.53. The molecule has 1 aliphatic rings. The summed E-state index contributed by atoms with van der Waals surface area (Å²) in [6, 6.07) is 3.90. The van der Waals surface area contributed by atoms with Crippen LogP contribution in [0.2, 0.25) is 0 Å². The average Bonchev–Trinajstić information content (AvgIpc) is 2.06. The molecule has 0 amide bonds. The second-order valence-electron chi connectivity index (χ2n) is 2.92. The molecule has 0 aromatic carbocycles. The maximum absolute atomic E-state index is 5.43. The fourth-order valence-corrected chi connectivity index (χ4v) is 1.38. The highest BCUT2D eigenvalue weighted by Crippen LogP contribution is 2.30. The van der Waals surface area contributed by atoms with Crippen LogP contribution in [0.4, 0.5) is 0 Å². The molecule has 0 fully saturated rings. The number of rotatable bonds is 0. The van der Waals surface area contributed by atoms with Crippen molar-refractivity contribution in [1.29, 1.82) is 0 Å². The first-order valence-electron chi connectivity index (χ1n) is 3.95. The van der Waals surface area contributed by atoms with Crippen LogP contribution in [-0.4, -0.2) is 11.6 Å². The minimum absolute atomic E-state index is 0.556. The van der Waals surface area contributed by atoms with Gasteiger partial charge in [-0.3, -0.25) is 4.98 Å². The highest BCUT2D eigenvalue weighted by molar-refractivity contribution is 5.30. The number of pyridine rings is 1. The molecular formula is C9H11NO. The number of hydrogen-bond acceptors (Lipinski definition) is 2. The number of fused-ring (bicyclic) bond motifs is 1. The number of aromatic nitrogens is 1. The normalized spacial score (nSPS) is 22.1. The van der Waals surface area contributed by atoms with Crippen molar-refractivity contribution in [3.63, 3.8) is 0 Å². The summed E-state index contributed by atoms with van der Waals surface area (Å²) in [5.74, 6) is 1.52. The lowest BCUT2D eigenvalue weighted by Crippen LogP contribution is -2.12. The van der Waals surface area contributed by atoms with Crippen LogP contribution in [0.25, 0.3) is 0 Å². The van der Waals surface area contributed by atoms with Crippen molar-refractivity contribution in [1.82, 2.24) is 4.98 Å². The van der Waals surface area contributed by atoms with E-state index < -0.39 is 0 Å². The summed E-state index contributed by atoms with van der Waals surface area (Å²) in [6.07, 6.45) is 2.91. The van der Waals surface area contributed by atoms with E-state index in [1.54, 1.807) is 0 Å². The first kappa shape index (κ1) is 6.65. The monoisotopic (exact) mass is 149 g/mol. The Hall–Kier alpha value is -1.05. The van der Waals surface area contributed by atoms with Crippen LogP contribution >= 0.6 is 0 Å². The van der Waals surface area contributed by atoms with Gasteiger partial charge in [0, 0.05) is 12.1 Å². The van der Waals surface area contributed by atoms with E-state index >= 15 is 0 Å². The fourth-order valence-electron chi connectivity index (χ4n) is 1.38. The number of nitrogens with zero attached hydrogens (tertiary/aromatic N) is 1.